The summed E-state index contributed by atoms with van der Waals surface area (Å²) in [6.07, 6.45) is 2.58. The van der Waals surface area contributed by atoms with E-state index in [1.807, 2.05) is 0 Å². The minimum Gasteiger partial charge on any atom is -0.478 e. The van der Waals surface area contributed by atoms with Crippen molar-refractivity contribution >= 4 is 50.9 Å². The molecule has 1 rings (SSSR count). The molecule has 1 N–H and O–H groups in total. The lowest BCUT2D eigenvalue weighted by molar-refractivity contribution is -0.131. The Morgan fingerprint density at radius 2 is 2.42 bits per heavy atom. The minimum atomic E-state index is -0.962. The SMILES string of the molecule is O=C(O)/C=C/c1cc(Br)c(Cl)s1. The standard InChI is InChI=1S/C7H4BrClO2S/c8-5-3-4(12-7(5)9)1-2-6(10)11/h1-3H,(H,10,11)/b2-1+. The molecule has 0 radical (unpaired) electrons. The summed E-state index contributed by atoms with van der Waals surface area (Å²) in [6, 6.07) is 1.77. The van der Waals surface area contributed by atoms with E-state index >= 15 is 0 Å². The Bertz CT molecular complexity index is 313. The number of thiophene rings is 1. The van der Waals surface area contributed by atoms with Gasteiger partial charge in [-0.3, -0.25) is 0 Å². The first kappa shape index (κ1) is 9.77. The van der Waals surface area contributed by atoms with Crippen molar-refractivity contribution in [2.24, 2.45) is 0 Å². The lowest BCUT2D eigenvalue weighted by Gasteiger charge is -1.79. The molecule has 1 heterocycles. The number of carboxylic acids is 1. The molecular weight excluding hydrogens is 263 g/mol. The van der Waals surface area contributed by atoms with Gasteiger partial charge in [-0.25, -0.2) is 4.79 Å². The van der Waals surface area contributed by atoms with E-state index < -0.39 is 5.97 Å². The monoisotopic (exact) mass is 266 g/mol. The maximum absolute atomic E-state index is 10.1. The van der Waals surface area contributed by atoms with Crippen LogP contribution in [-0.2, 0) is 4.79 Å². The highest BCUT2D eigenvalue weighted by Gasteiger charge is 2.01. The normalized spacial score (nSPS) is 10.8. The maximum atomic E-state index is 10.1. The molecule has 0 amide bonds. The highest BCUT2D eigenvalue weighted by Crippen LogP contribution is 2.32. The fourth-order valence-corrected chi connectivity index (χ4v) is 2.24. The van der Waals surface area contributed by atoms with Crippen molar-refractivity contribution in [3.05, 3.63) is 25.8 Å². The van der Waals surface area contributed by atoms with E-state index in [2.05, 4.69) is 15.9 Å². The van der Waals surface area contributed by atoms with E-state index in [-0.39, 0.29) is 0 Å². The van der Waals surface area contributed by atoms with Crippen molar-refractivity contribution in [1.82, 2.24) is 0 Å². The molecule has 0 aliphatic heterocycles. The zero-order valence-electron chi connectivity index (χ0n) is 5.75. The quantitative estimate of drug-likeness (QED) is 0.835. The first-order valence-corrected chi connectivity index (χ1v) is 4.94. The van der Waals surface area contributed by atoms with Crippen molar-refractivity contribution in [2.75, 3.05) is 0 Å². The fourth-order valence-electron chi connectivity index (χ4n) is 0.599. The van der Waals surface area contributed by atoms with Crippen LogP contribution in [0.2, 0.25) is 4.34 Å². The zero-order valence-corrected chi connectivity index (χ0v) is 8.91. The molecule has 0 saturated heterocycles. The molecule has 64 valence electrons. The first-order valence-electron chi connectivity index (χ1n) is 2.95. The van der Waals surface area contributed by atoms with Crippen LogP contribution in [-0.4, -0.2) is 11.1 Å². The predicted molar refractivity (Wildman–Crippen MR) is 53.7 cm³/mol. The van der Waals surface area contributed by atoms with Crippen molar-refractivity contribution in [2.45, 2.75) is 0 Å². The van der Waals surface area contributed by atoms with Crippen LogP contribution in [0.1, 0.15) is 4.88 Å². The van der Waals surface area contributed by atoms with Gasteiger partial charge in [0.1, 0.15) is 4.34 Å². The molecule has 0 spiro atoms. The molecule has 0 aromatic carbocycles. The molecule has 0 saturated carbocycles. The Labute approximate surface area is 86.6 Å². The number of rotatable bonds is 2. The number of aliphatic carboxylic acids is 1. The summed E-state index contributed by atoms with van der Waals surface area (Å²) < 4.78 is 1.42. The van der Waals surface area contributed by atoms with Crippen molar-refractivity contribution in [3.63, 3.8) is 0 Å². The number of hydrogen-bond donors (Lipinski definition) is 1. The van der Waals surface area contributed by atoms with E-state index in [0.717, 1.165) is 15.4 Å². The first-order chi connectivity index (χ1) is 5.59. The summed E-state index contributed by atoms with van der Waals surface area (Å²) in [5.74, 6) is -0.962. The average molecular weight is 268 g/mol. The van der Waals surface area contributed by atoms with Gasteiger partial charge in [0.05, 0.1) is 0 Å². The maximum Gasteiger partial charge on any atom is 0.328 e. The Hall–Kier alpha value is -0.320. The summed E-state index contributed by atoms with van der Waals surface area (Å²) in [6.45, 7) is 0. The summed E-state index contributed by atoms with van der Waals surface area (Å²) in [5.41, 5.74) is 0. The van der Waals surface area contributed by atoms with Gasteiger partial charge >= 0.3 is 5.97 Å². The van der Waals surface area contributed by atoms with E-state index in [1.165, 1.54) is 17.4 Å². The minimum absolute atomic E-state index is 0.625. The number of carboxylic acid groups (broad SMARTS) is 1. The van der Waals surface area contributed by atoms with Crippen LogP contribution < -0.4 is 0 Å². The lowest BCUT2D eigenvalue weighted by atomic mass is 10.4. The fraction of sp³-hybridized carbons (Fsp3) is 0. The van der Waals surface area contributed by atoms with E-state index in [9.17, 15) is 4.79 Å². The Kier molecular flexibility index (Phi) is 3.31. The van der Waals surface area contributed by atoms with Crippen molar-refractivity contribution in [3.8, 4) is 0 Å². The van der Waals surface area contributed by atoms with Gasteiger partial charge in [-0.15, -0.1) is 11.3 Å². The van der Waals surface area contributed by atoms with Gasteiger partial charge in [-0.2, -0.15) is 0 Å². The zero-order chi connectivity index (χ0) is 9.14. The molecule has 1 aromatic rings. The second-order valence-electron chi connectivity index (χ2n) is 1.94. The summed E-state index contributed by atoms with van der Waals surface area (Å²) >= 11 is 10.3. The molecule has 0 bridgehead atoms. The molecule has 12 heavy (non-hydrogen) atoms. The topological polar surface area (TPSA) is 37.3 Å². The number of carbonyl (C=O) groups is 1. The lowest BCUT2D eigenvalue weighted by Crippen LogP contribution is -1.84. The molecule has 2 nitrogen and oxygen atoms in total. The highest BCUT2D eigenvalue weighted by molar-refractivity contribution is 9.10. The third kappa shape index (κ3) is 2.62. The number of hydrogen-bond acceptors (Lipinski definition) is 2. The number of halogens is 2. The predicted octanol–water partition coefficient (Wildman–Crippen LogP) is 3.26. The smallest absolute Gasteiger partial charge is 0.328 e. The van der Waals surface area contributed by atoms with Crippen molar-refractivity contribution in [1.29, 1.82) is 0 Å². The van der Waals surface area contributed by atoms with Gasteiger partial charge in [-0.1, -0.05) is 11.6 Å². The molecule has 0 fully saturated rings. The van der Waals surface area contributed by atoms with E-state index in [0.29, 0.717) is 4.34 Å². The van der Waals surface area contributed by atoms with Crippen LogP contribution >= 0.6 is 38.9 Å². The molecular formula is C7H4BrClO2S. The van der Waals surface area contributed by atoms with Crippen LogP contribution in [0.3, 0.4) is 0 Å². The molecule has 0 aliphatic rings. The van der Waals surface area contributed by atoms with Gasteiger partial charge in [0.25, 0.3) is 0 Å². The second-order valence-corrected chi connectivity index (χ2v) is 4.48. The average Bonchev–Trinajstić information content (AvgIpc) is 2.28. The molecule has 0 unspecified atom stereocenters. The van der Waals surface area contributed by atoms with Crippen LogP contribution in [0.25, 0.3) is 6.08 Å². The summed E-state index contributed by atoms with van der Waals surface area (Å²) in [7, 11) is 0. The largest absolute Gasteiger partial charge is 0.478 e. The molecule has 0 aliphatic carbocycles. The van der Waals surface area contributed by atoms with Crippen LogP contribution in [0, 0.1) is 0 Å². The third-order valence-corrected chi connectivity index (χ3v) is 3.49. The summed E-state index contributed by atoms with van der Waals surface area (Å²) in [5, 5.41) is 8.32. The summed E-state index contributed by atoms with van der Waals surface area (Å²) in [4.78, 5) is 11.0. The second kappa shape index (κ2) is 4.07. The van der Waals surface area contributed by atoms with E-state index in [4.69, 9.17) is 16.7 Å². The Balaban J connectivity index is 2.83. The van der Waals surface area contributed by atoms with Gasteiger partial charge < -0.3 is 5.11 Å². The highest BCUT2D eigenvalue weighted by atomic mass is 79.9. The molecule has 0 atom stereocenters. The van der Waals surface area contributed by atoms with Crippen LogP contribution in [0.15, 0.2) is 16.6 Å². The van der Waals surface area contributed by atoms with Crippen LogP contribution in [0.5, 0.6) is 0 Å². The van der Waals surface area contributed by atoms with Gasteiger partial charge in [0.15, 0.2) is 0 Å². The third-order valence-electron chi connectivity index (χ3n) is 1.05. The Morgan fingerprint density at radius 1 is 1.75 bits per heavy atom. The van der Waals surface area contributed by atoms with Crippen LogP contribution in [0.4, 0.5) is 0 Å². The van der Waals surface area contributed by atoms with Gasteiger partial charge in [0, 0.05) is 15.4 Å². The molecule has 5 heteroatoms. The Morgan fingerprint density at radius 3 is 2.83 bits per heavy atom. The van der Waals surface area contributed by atoms with Gasteiger partial charge in [-0.05, 0) is 28.1 Å². The van der Waals surface area contributed by atoms with E-state index in [1.54, 1.807) is 6.07 Å². The van der Waals surface area contributed by atoms with Gasteiger partial charge in [0.2, 0.25) is 0 Å². The van der Waals surface area contributed by atoms with Crippen molar-refractivity contribution < 1.29 is 9.90 Å². The molecule has 1 aromatic heterocycles.